The zero-order valence-electron chi connectivity index (χ0n) is 16.9. The lowest BCUT2D eigenvalue weighted by molar-refractivity contribution is 0.101. The van der Waals surface area contributed by atoms with E-state index in [4.69, 9.17) is 4.74 Å². The Morgan fingerprint density at radius 3 is 2.70 bits per heavy atom. The lowest BCUT2D eigenvalue weighted by Gasteiger charge is -2.29. The number of hydrogen-bond acceptors (Lipinski definition) is 7. The smallest absolute Gasteiger partial charge is 0.322 e. The molecule has 152 valence electrons. The predicted octanol–water partition coefficient (Wildman–Crippen LogP) is 2.92. The number of piperazine rings is 1. The van der Waals surface area contributed by atoms with Crippen molar-refractivity contribution < 1.29 is 9.53 Å². The van der Waals surface area contributed by atoms with Gasteiger partial charge in [-0.1, -0.05) is 12.1 Å². The van der Waals surface area contributed by atoms with Gasteiger partial charge in [0, 0.05) is 55.9 Å². The van der Waals surface area contributed by atoms with Crippen LogP contribution in [0, 0.1) is 0 Å². The number of carbonyl (C=O) groups is 1. The highest BCUT2D eigenvalue weighted by molar-refractivity contribution is 6.02. The molecule has 1 saturated heterocycles. The summed E-state index contributed by atoms with van der Waals surface area (Å²) in [5.41, 5.74) is 3.22. The Labute approximate surface area is 173 Å². The Morgan fingerprint density at radius 1 is 1.10 bits per heavy atom. The van der Waals surface area contributed by atoms with Gasteiger partial charge < -0.3 is 15.0 Å². The maximum Gasteiger partial charge on any atom is 0.322 e. The Balaban J connectivity index is 1.53. The van der Waals surface area contributed by atoms with E-state index >= 15 is 0 Å². The number of rotatable bonds is 4. The molecule has 0 amide bonds. The normalized spacial score (nSPS) is 14.4. The van der Waals surface area contributed by atoms with Crippen molar-refractivity contribution in [3.8, 4) is 11.8 Å². The summed E-state index contributed by atoms with van der Waals surface area (Å²) in [6.07, 6.45) is 3.53. The van der Waals surface area contributed by atoms with Crippen LogP contribution in [0.25, 0.3) is 21.8 Å². The molecule has 0 atom stereocenters. The molecule has 4 aromatic rings. The molecule has 1 N–H and O–H groups in total. The third-order valence-electron chi connectivity index (χ3n) is 5.45. The first kappa shape index (κ1) is 18.5. The van der Waals surface area contributed by atoms with Crippen LogP contribution in [0.4, 0.5) is 5.69 Å². The molecular weight excluding hydrogens is 380 g/mol. The molecule has 1 fully saturated rings. The largest absolute Gasteiger partial charge is 0.424 e. The van der Waals surface area contributed by atoms with Crippen LogP contribution in [0.3, 0.4) is 0 Å². The number of nitrogens with one attached hydrogen (secondary N) is 1. The molecule has 30 heavy (non-hydrogen) atoms. The van der Waals surface area contributed by atoms with Crippen molar-refractivity contribution in [1.82, 2.24) is 25.1 Å². The second kappa shape index (κ2) is 7.38. The van der Waals surface area contributed by atoms with Gasteiger partial charge >= 0.3 is 6.01 Å². The van der Waals surface area contributed by atoms with E-state index in [0.29, 0.717) is 11.3 Å². The Bertz CT molecular complexity index is 1260. The van der Waals surface area contributed by atoms with Gasteiger partial charge in [0.05, 0.1) is 17.3 Å². The number of aromatic nitrogens is 4. The maximum atomic E-state index is 12.3. The minimum absolute atomic E-state index is 0.0585. The van der Waals surface area contributed by atoms with E-state index in [1.165, 1.54) is 0 Å². The van der Waals surface area contributed by atoms with Crippen LogP contribution >= 0.6 is 0 Å². The molecule has 0 saturated carbocycles. The molecular formula is C22H22N6O2. The number of anilines is 1. The van der Waals surface area contributed by atoms with Crippen LogP contribution in [0.5, 0.6) is 11.8 Å². The van der Waals surface area contributed by atoms with Crippen LogP contribution in [-0.4, -0.2) is 51.7 Å². The molecule has 1 aliphatic rings. The molecule has 0 bridgehead atoms. The predicted molar refractivity (Wildman–Crippen MR) is 115 cm³/mol. The third-order valence-corrected chi connectivity index (χ3v) is 5.45. The van der Waals surface area contributed by atoms with Crippen molar-refractivity contribution in [1.29, 1.82) is 0 Å². The number of nitrogens with zero attached hydrogens (tertiary/aromatic N) is 5. The van der Waals surface area contributed by atoms with Gasteiger partial charge in [0.15, 0.2) is 5.78 Å². The molecule has 0 unspecified atom stereocenters. The summed E-state index contributed by atoms with van der Waals surface area (Å²) in [4.78, 5) is 23.6. The van der Waals surface area contributed by atoms with Crippen LogP contribution in [0.2, 0.25) is 0 Å². The first-order valence-electron chi connectivity index (χ1n) is 9.96. The number of ketones is 1. The third kappa shape index (κ3) is 3.25. The number of ether oxygens (including phenoxy) is 1. The van der Waals surface area contributed by atoms with E-state index in [1.807, 2.05) is 37.4 Å². The zero-order valence-corrected chi connectivity index (χ0v) is 16.9. The fourth-order valence-electron chi connectivity index (χ4n) is 3.88. The first-order chi connectivity index (χ1) is 14.6. The lowest BCUT2D eigenvalue weighted by Crippen LogP contribution is -2.43. The van der Waals surface area contributed by atoms with Crippen molar-refractivity contribution in [3.63, 3.8) is 0 Å². The van der Waals surface area contributed by atoms with Crippen molar-refractivity contribution in [2.75, 3.05) is 31.1 Å². The van der Waals surface area contributed by atoms with E-state index < -0.39 is 0 Å². The minimum atomic E-state index is -0.0585. The Kier molecular flexibility index (Phi) is 4.55. The topological polar surface area (TPSA) is 85.2 Å². The SMILES string of the molecule is CC(=O)c1cc(N2CCNCC2)ccc1Oc1ncc2ccc3cnn(C)c3c2n1. The van der Waals surface area contributed by atoms with Crippen molar-refractivity contribution >= 4 is 33.3 Å². The number of hydrogen-bond donors (Lipinski definition) is 1. The molecule has 2 aromatic heterocycles. The standard InChI is InChI=1S/C22H22N6O2/c1-14(29)18-11-17(28-9-7-23-8-10-28)5-6-19(18)30-22-24-12-15-3-4-16-13-25-27(2)21(16)20(15)26-22/h3-6,11-13,23H,7-10H2,1-2H3. The summed E-state index contributed by atoms with van der Waals surface area (Å²) < 4.78 is 7.77. The van der Waals surface area contributed by atoms with Gasteiger partial charge in [-0.15, -0.1) is 0 Å². The summed E-state index contributed by atoms with van der Waals surface area (Å²) >= 11 is 0. The number of Topliss-reactive ketones (excluding diaryl/α,β-unsaturated/α-hetero) is 1. The fraction of sp³-hybridized carbons (Fsp3) is 0.273. The van der Waals surface area contributed by atoms with Crippen LogP contribution in [0.1, 0.15) is 17.3 Å². The van der Waals surface area contributed by atoms with E-state index in [1.54, 1.807) is 24.0 Å². The van der Waals surface area contributed by atoms with E-state index in [0.717, 1.165) is 53.7 Å². The highest BCUT2D eigenvalue weighted by Gasteiger charge is 2.17. The second-order valence-corrected chi connectivity index (χ2v) is 7.44. The Hall–Kier alpha value is -3.52. The van der Waals surface area contributed by atoms with Gasteiger partial charge in [-0.3, -0.25) is 9.48 Å². The number of benzene rings is 2. The van der Waals surface area contributed by atoms with Crippen LogP contribution < -0.4 is 15.0 Å². The molecule has 1 aliphatic heterocycles. The average molecular weight is 402 g/mol. The van der Waals surface area contributed by atoms with Crippen LogP contribution in [0.15, 0.2) is 42.7 Å². The van der Waals surface area contributed by atoms with Crippen molar-refractivity contribution in [2.24, 2.45) is 7.05 Å². The first-order valence-corrected chi connectivity index (χ1v) is 9.96. The summed E-state index contributed by atoms with van der Waals surface area (Å²) in [7, 11) is 1.88. The molecule has 8 heteroatoms. The summed E-state index contributed by atoms with van der Waals surface area (Å²) in [6, 6.07) is 9.86. The van der Waals surface area contributed by atoms with Gasteiger partial charge in [-0.25, -0.2) is 4.98 Å². The van der Waals surface area contributed by atoms with Crippen LogP contribution in [-0.2, 0) is 7.05 Å². The molecule has 2 aromatic carbocycles. The monoisotopic (exact) mass is 402 g/mol. The number of aryl methyl sites for hydroxylation is 1. The summed E-state index contributed by atoms with van der Waals surface area (Å²) in [5.74, 6) is 0.398. The zero-order chi connectivity index (χ0) is 20.7. The van der Waals surface area contributed by atoms with Gasteiger partial charge in [-0.05, 0) is 25.1 Å². The van der Waals surface area contributed by atoms with E-state index in [9.17, 15) is 4.79 Å². The van der Waals surface area contributed by atoms with E-state index in [-0.39, 0.29) is 11.8 Å². The number of carbonyl (C=O) groups excluding carboxylic acids is 1. The van der Waals surface area contributed by atoms with Gasteiger partial charge in [0.25, 0.3) is 0 Å². The highest BCUT2D eigenvalue weighted by atomic mass is 16.5. The molecule has 8 nitrogen and oxygen atoms in total. The molecule has 3 heterocycles. The quantitative estimate of drug-likeness (QED) is 0.525. The summed E-state index contributed by atoms with van der Waals surface area (Å²) in [6.45, 7) is 5.23. The van der Waals surface area contributed by atoms with E-state index in [2.05, 4.69) is 25.3 Å². The molecule has 0 spiro atoms. The fourth-order valence-corrected chi connectivity index (χ4v) is 3.88. The average Bonchev–Trinajstić information content (AvgIpc) is 3.16. The van der Waals surface area contributed by atoms with Gasteiger partial charge in [0.1, 0.15) is 11.3 Å². The maximum absolute atomic E-state index is 12.3. The van der Waals surface area contributed by atoms with Gasteiger partial charge in [-0.2, -0.15) is 10.1 Å². The minimum Gasteiger partial charge on any atom is -0.424 e. The molecule has 0 aliphatic carbocycles. The van der Waals surface area contributed by atoms with Crippen molar-refractivity contribution in [3.05, 3.63) is 48.3 Å². The Morgan fingerprint density at radius 2 is 1.90 bits per heavy atom. The highest BCUT2D eigenvalue weighted by Crippen LogP contribution is 2.30. The van der Waals surface area contributed by atoms with Crippen molar-refractivity contribution in [2.45, 2.75) is 6.92 Å². The molecule has 0 radical (unpaired) electrons. The van der Waals surface area contributed by atoms with Gasteiger partial charge in [0.2, 0.25) is 0 Å². The summed E-state index contributed by atoms with van der Waals surface area (Å²) in [5, 5.41) is 9.55. The lowest BCUT2D eigenvalue weighted by atomic mass is 10.1. The second-order valence-electron chi connectivity index (χ2n) is 7.44. The number of fused-ring (bicyclic) bond motifs is 3. The molecule has 5 rings (SSSR count).